The summed E-state index contributed by atoms with van der Waals surface area (Å²) in [7, 11) is 0. The molecule has 0 saturated heterocycles. The molecule has 0 spiro atoms. The van der Waals surface area contributed by atoms with Crippen LogP contribution >= 0.6 is 0 Å². The second-order valence-corrected chi connectivity index (χ2v) is 3.84. The van der Waals surface area contributed by atoms with Gasteiger partial charge in [0.25, 0.3) is 5.91 Å². The maximum absolute atomic E-state index is 11.8. The van der Waals surface area contributed by atoms with E-state index in [4.69, 9.17) is 5.11 Å². The van der Waals surface area contributed by atoms with Crippen molar-refractivity contribution in [3.8, 4) is 0 Å². The van der Waals surface area contributed by atoms with Crippen molar-refractivity contribution < 1.29 is 14.7 Å². The first kappa shape index (κ1) is 13.4. The number of hydrogen-bond donors (Lipinski definition) is 2. The predicted octanol–water partition coefficient (Wildman–Crippen LogP) is 1.83. The normalized spacial score (nSPS) is 10.4. The Bertz CT molecular complexity index is 636. The fourth-order valence-electron chi connectivity index (χ4n) is 1.43. The largest absolute Gasteiger partial charge is 0.478 e. The van der Waals surface area contributed by atoms with Crippen LogP contribution in [0.4, 0.5) is 5.82 Å². The molecule has 20 heavy (non-hydrogen) atoms. The van der Waals surface area contributed by atoms with Gasteiger partial charge in [0.1, 0.15) is 5.82 Å². The van der Waals surface area contributed by atoms with E-state index in [1.807, 2.05) is 0 Å². The summed E-state index contributed by atoms with van der Waals surface area (Å²) in [4.78, 5) is 30.1. The Morgan fingerprint density at radius 3 is 2.65 bits per heavy atom. The van der Waals surface area contributed by atoms with Crippen LogP contribution in [0, 0.1) is 0 Å². The van der Waals surface area contributed by atoms with Gasteiger partial charge in [-0.2, -0.15) is 0 Å². The second kappa shape index (κ2) is 6.24. The van der Waals surface area contributed by atoms with Crippen LogP contribution in [-0.4, -0.2) is 27.0 Å². The lowest BCUT2D eigenvalue weighted by atomic mass is 10.2. The van der Waals surface area contributed by atoms with Gasteiger partial charge in [-0.25, -0.2) is 9.78 Å². The van der Waals surface area contributed by atoms with Gasteiger partial charge in [-0.1, -0.05) is 0 Å². The lowest BCUT2D eigenvalue weighted by Crippen LogP contribution is -2.12. The Labute approximate surface area is 114 Å². The summed E-state index contributed by atoms with van der Waals surface area (Å²) < 4.78 is 0. The number of amides is 1. The highest BCUT2D eigenvalue weighted by Crippen LogP contribution is 2.08. The third-order valence-electron chi connectivity index (χ3n) is 2.37. The molecule has 2 aromatic heterocycles. The van der Waals surface area contributed by atoms with Crippen LogP contribution in [0.3, 0.4) is 0 Å². The van der Waals surface area contributed by atoms with Gasteiger partial charge in [-0.3, -0.25) is 9.78 Å². The van der Waals surface area contributed by atoms with E-state index < -0.39 is 5.97 Å². The van der Waals surface area contributed by atoms with Crippen molar-refractivity contribution in [2.24, 2.45) is 0 Å². The van der Waals surface area contributed by atoms with Gasteiger partial charge in [-0.05, 0) is 35.9 Å². The molecule has 2 aromatic rings. The van der Waals surface area contributed by atoms with Gasteiger partial charge in [0.15, 0.2) is 0 Å². The molecule has 0 unspecified atom stereocenters. The number of hydrogen-bond acceptors (Lipinski definition) is 4. The smallest absolute Gasteiger partial charge is 0.328 e. The first-order chi connectivity index (χ1) is 9.65. The molecule has 100 valence electrons. The van der Waals surface area contributed by atoms with Crippen molar-refractivity contribution >= 4 is 23.8 Å². The molecule has 0 aliphatic rings. The van der Waals surface area contributed by atoms with Crippen molar-refractivity contribution in [3.05, 3.63) is 60.1 Å². The maximum atomic E-state index is 11.8. The summed E-state index contributed by atoms with van der Waals surface area (Å²) >= 11 is 0. The number of carboxylic acid groups (broad SMARTS) is 1. The van der Waals surface area contributed by atoms with E-state index >= 15 is 0 Å². The molecule has 0 bridgehead atoms. The number of pyridine rings is 2. The first-order valence-electron chi connectivity index (χ1n) is 5.73. The minimum absolute atomic E-state index is 0.306. The Morgan fingerprint density at radius 2 is 2.05 bits per heavy atom. The fourth-order valence-corrected chi connectivity index (χ4v) is 1.43. The van der Waals surface area contributed by atoms with E-state index in [0.717, 1.165) is 6.08 Å². The summed E-state index contributed by atoms with van der Waals surface area (Å²) in [5.74, 6) is -0.954. The van der Waals surface area contributed by atoms with Crippen molar-refractivity contribution in [1.82, 2.24) is 9.97 Å². The van der Waals surface area contributed by atoms with Gasteiger partial charge in [0.05, 0.1) is 5.56 Å². The molecule has 6 nitrogen and oxygen atoms in total. The minimum atomic E-state index is -1.03. The number of carbonyl (C=O) groups is 2. The zero-order valence-corrected chi connectivity index (χ0v) is 10.4. The number of aliphatic carboxylic acids is 1. The van der Waals surface area contributed by atoms with Crippen LogP contribution in [0.5, 0.6) is 0 Å². The van der Waals surface area contributed by atoms with E-state index in [1.165, 1.54) is 18.5 Å². The molecule has 0 fully saturated rings. The van der Waals surface area contributed by atoms with E-state index in [9.17, 15) is 9.59 Å². The lowest BCUT2D eigenvalue weighted by molar-refractivity contribution is -0.131. The Morgan fingerprint density at radius 1 is 1.20 bits per heavy atom. The van der Waals surface area contributed by atoms with Gasteiger partial charge >= 0.3 is 5.97 Å². The van der Waals surface area contributed by atoms with Crippen LogP contribution in [0.25, 0.3) is 6.08 Å². The van der Waals surface area contributed by atoms with Crippen molar-refractivity contribution in [3.63, 3.8) is 0 Å². The molecular weight excluding hydrogens is 258 g/mol. The van der Waals surface area contributed by atoms with E-state index in [0.29, 0.717) is 16.9 Å². The molecule has 6 heteroatoms. The molecule has 2 heterocycles. The van der Waals surface area contributed by atoms with Gasteiger partial charge < -0.3 is 10.4 Å². The average Bonchev–Trinajstić information content (AvgIpc) is 2.47. The summed E-state index contributed by atoms with van der Waals surface area (Å²) in [5.41, 5.74) is 1.07. The molecule has 2 N–H and O–H groups in total. The van der Waals surface area contributed by atoms with Crippen LogP contribution in [0.1, 0.15) is 15.9 Å². The van der Waals surface area contributed by atoms with Crippen LogP contribution in [0.15, 0.2) is 48.9 Å². The highest BCUT2D eigenvalue weighted by atomic mass is 16.4. The quantitative estimate of drug-likeness (QED) is 0.826. The molecule has 0 atom stereocenters. The third-order valence-corrected chi connectivity index (χ3v) is 2.37. The first-order valence-corrected chi connectivity index (χ1v) is 5.73. The van der Waals surface area contributed by atoms with Crippen molar-refractivity contribution in [1.29, 1.82) is 0 Å². The van der Waals surface area contributed by atoms with Gasteiger partial charge in [0.2, 0.25) is 0 Å². The fraction of sp³-hybridized carbons (Fsp3) is 0. The summed E-state index contributed by atoms with van der Waals surface area (Å²) in [6.45, 7) is 0. The minimum Gasteiger partial charge on any atom is -0.478 e. The molecule has 0 saturated carbocycles. The zero-order chi connectivity index (χ0) is 14.4. The van der Waals surface area contributed by atoms with Gasteiger partial charge in [0, 0.05) is 24.7 Å². The predicted molar refractivity (Wildman–Crippen MR) is 73.1 cm³/mol. The molecule has 2 rings (SSSR count). The second-order valence-electron chi connectivity index (χ2n) is 3.84. The Kier molecular flexibility index (Phi) is 4.18. The summed E-state index contributed by atoms with van der Waals surface area (Å²) in [6, 6.07) is 6.57. The standard InChI is InChI=1S/C14H11N3O3/c18-13(19)6-4-10-3-5-12(16-8-10)17-14(20)11-2-1-7-15-9-11/h1-9H,(H,18,19)(H,16,17,20)/b6-4+. The molecule has 1 amide bonds. The average molecular weight is 269 g/mol. The SMILES string of the molecule is O=C(O)/C=C/c1ccc(NC(=O)c2cccnc2)nc1. The van der Waals surface area contributed by atoms with Crippen molar-refractivity contribution in [2.75, 3.05) is 5.32 Å². The van der Waals surface area contributed by atoms with E-state index in [2.05, 4.69) is 15.3 Å². The van der Waals surface area contributed by atoms with Crippen LogP contribution < -0.4 is 5.32 Å². The topological polar surface area (TPSA) is 92.2 Å². The molecule has 0 aliphatic heterocycles. The highest BCUT2D eigenvalue weighted by Gasteiger charge is 2.05. The number of anilines is 1. The molecular formula is C14H11N3O3. The van der Waals surface area contributed by atoms with Crippen LogP contribution in [-0.2, 0) is 4.79 Å². The number of nitrogens with one attached hydrogen (secondary N) is 1. The molecule has 0 aromatic carbocycles. The van der Waals surface area contributed by atoms with E-state index in [1.54, 1.807) is 30.5 Å². The number of nitrogens with zero attached hydrogens (tertiary/aromatic N) is 2. The number of aromatic nitrogens is 2. The Balaban J connectivity index is 2.04. The summed E-state index contributed by atoms with van der Waals surface area (Å²) in [6.07, 6.45) is 6.95. The van der Waals surface area contributed by atoms with E-state index in [-0.39, 0.29) is 5.91 Å². The van der Waals surface area contributed by atoms with Crippen LogP contribution in [0.2, 0.25) is 0 Å². The number of carboxylic acids is 1. The molecule has 0 radical (unpaired) electrons. The summed E-state index contributed by atoms with van der Waals surface area (Å²) in [5, 5.41) is 11.1. The number of carbonyl (C=O) groups excluding carboxylic acids is 1. The monoisotopic (exact) mass is 269 g/mol. The zero-order valence-electron chi connectivity index (χ0n) is 10.4. The van der Waals surface area contributed by atoms with Crippen molar-refractivity contribution in [2.45, 2.75) is 0 Å². The number of rotatable bonds is 4. The highest BCUT2D eigenvalue weighted by molar-refractivity contribution is 6.03. The maximum Gasteiger partial charge on any atom is 0.328 e. The third kappa shape index (κ3) is 3.74. The lowest BCUT2D eigenvalue weighted by Gasteiger charge is -2.04. The van der Waals surface area contributed by atoms with Gasteiger partial charge in [-0.15, -0.1) is 0 Å². The molecule has 0 aliphatic carbocycles. The Hall–Kier alpha value is -3.02.